The average Bonchev–Trinajstić information content (AvgIpc) is 2.72. The number of rotatable bonds is 2. The van der Waals surface area contributed by atoms with E-state index in [1.165, 1.54) is 24.5 Å². The predicted molar refractivity (Wildman–Crippen MR) is 129 cm³/mol. The third kappa shape index (κ3) is 7.92. The second-order valence-electron chi connectivity index (χ2n) is 6.08. The van der Waals surface area contributed by atoms with E-state index in [0.29, 0.717) is 31.9 Å². The van der Waals surface area contributed by atoms with Gasteiger partial charge in [0, 0.05) is 50.4 Å². The molecule has 0 unspecified atom stereocenters. The summed E-state index contributed by atoms with van der Waals surface area (Å²) in [6.45, 7) is -0.195. The molecule has 0 aliphatic heterocycles. The number of aliphatic hydroxyl groups excluding tert-OH is 1. The van der Waals surface area contributed by atoms with Crippen molar-refractivity contribution in [2.75, 3.05) is 0 Å². The number of halogens is 7. The van der Waals surface area contributed by atoms with Gasteiger partial charge in [0.05, 0.1) is 16.7 Å². The minimum Gasteiger partial charge on any atom is -0.392 e. The highest BCUT2D eigenvalue weighted by atomic mass is 36.0. The van der Waals surface area contributed by atoms with Gasteiger partial charge in [0.1, 0.15) is 22.7 Å². The molecule has 0 amide bonds. The molecular formula is C20H13Cl5F2N2O2S. The molecule has 0 aliphatic carbocycles. The molecule has 2 heterocycles. The highest BCUT2D eigenvalue weighted by Gasteiger charge is 2.06. The topological polar surface area (TPSA) is 63.1 Å². The first-order valence-corrected chi connectivity index (χ1v) is 12.6. The van der Waals surface area contributed by atoms with E-state index in [4.69, 9.17) is 44.1 Å². The van der Waals surface area contributed by atoms with Gasteiger partial charge in [-0.2, -0.15) is 0 Å². The monoisotopic (exact) mass is 558 g/mol. The number of benzene rings is 2. The zero-order chi connectivity index (χ0) is 23.8. The number of nitrogens with zero attached hydrogens (tertiary/aromatic N) is 2. The molecule has 4 nitrogen and oxygen atoms in total. The van der Waals surface area contributed by atoms with Crippen LogP contribution in [0, 0.1) is 11.6 Å². The van der Waals surface area contributed by atoms with Crippen molar-refractivity contribution in [3.8, 4) is 0 Å². The second-order valence-corrected chi connectivity index (χ2v) is 9.75. The number of alkyl halides is 1. The van der Waals surface area contributed by atoms with Crippen LogP contribution in [0.5, 0.6) is 0 Å². The van der Waals surface area contributed by atoms with E-state index >= 15 is 0 Å². The van der Waals surface area contributed by atoms with Crippen molar-refractivity contribution in [1.29, 1.82) is 0 Å². The maximum atomic E-state index is 13.4. The van der Waals surface area contributed by atoms with Gasteiger partial charge in [-0.05, 0) is 47.5 Å². The van der Waals surface area contributed by atoms with Gasteiger partial charge in [0.2, 0.25) is 9.23 Å². The molecule has 2 aromatic heterocycles. The van der Waals surface area contributed by atoms with E-state index in [1.807, 2.05) is 0 Å². The molecule has 170 valence electrons. The first kappa shape index (κ1) is 26.9. The zero-order valence-electron chi connectivity index (χ0n) is 15.8. The number of fused-ring (bicyclic) bond motifs is 2. The molecule has 0 bridgehead atoms. The largest absolute Gasteiger partial charge is 0.392 e. The number of hydrogen-bond acceptors (Lipinski definition) is 4. The Labute approximate surface area is 208 Å². The molecule has 12 heteroatoms. The van der Waals surface area contributed by atoms with Crippen LogP contribution in [0.4, 0.5) is 8.78 Å². The van der Waals surface area contributed by atoms with Gasteiger partial charge >= 0.3 is 0 Å². The summed E-state index contributed by atoms with van der Waals surface area (Å²) < 4.78 is 35.8. The Morgan fingerprint density at radius 3 is 1.62 bits per heavy atom. The summed E-state index contributed by atoms with van der Waals surface area (Å²) in [7, 11) is 7.36. The van der Waals surface area contributed by atoms with Crippen LogP contribution in [0.1, 0.15) is 11.1 Å². The first-order chi connectivity index (χ1) is 15.1. The van der Waals surface area contributed by atoms with Crippen molar-refractivity contribution < 1.29 is 18.1 Å². The van der Waals surface area contributed by atoms with Gasteiger partial charge in [-0.3, -0.25) is 9.97 Å². The molecule has 4 aromatic rings. The van der Waals surface area contributed by atoms with E-state index in [1.54, 1.807) is 24.3 Å². The van der Waals surface area contributed by atoms with Gasteiger partial charge in [0.25, 0.3) is 0 Å². The summed E-state index contributed by atoms with van der Waals surface area (Å²) in [5, 5.41) is 11.1. The van der Waals surface area contributed by atoms with Crippen LogP contribution in [0.2, 0.25) is 10.0 Å². The minimum atomic E-state index is -1.67. The zero-order valence-corrected chi connectivity index (χ0v) is 20.4. The summed E-state index contributed by atoms with van der Waals surface area (Å²) >= 11 is 17.1. The Morgan fingerprint density at radius 2 is 1.22 bits per heavy atom. The molecule has 2 aromatic carbocycles. The highest BCUT2D eigenvalue weighted by Crippen LogP contribution is 2.22. The molecule has 0 spiro atoms. The van der Waals surface area contributed by atoms with Crippen molar-refractivity contribution in [3.63, 3.8) is 0 Å². The quantitative estimate of drug-likeness (QED) is 0.206. The Bertz CT molecular complexity index is 1170. The fourth-order valence-corrected chi connectivity index (χ4v) is 3.13. The number of hydrogen-bond donors (Lipinski definition) is 1. The van der Waals surface area contributed by atoms with Gasteiger partial charge in [-0.25, -0.2) is 13.0 Å². The van der Waals surface area contributed by atoms with Crippen molar-refractivity contribution in [2.24, 2.45) is 0 Å². The Morgan fingerprint density at radius 1 is 0.812 bits per heavy atom. The summed E-state index contributed by atoms with van der Waals surface area (Å²) in [5.41, 5.74) is 1.83. The maximum Gasteiger partial charge on any atom is 0.211 e. The van der Waals surface area contributed by atoms with Gasteiger partial charge in [-0.1, -0.05) is 23.2 Å². The van der Waals surface area contributed by atoms with Crippen LogP contribution in [-0.2, 0) is 21.7 Å². The van der Waals surface area contributed by atoms with E-state index in [2.05, 4.69) is 31.3 Å². The SMILES string of the molecule is Fc1cc(CCl)cc2cc(Cl)cnc12.O=S(Cl)Cl.OCc1cc(F)c2ncc(Cl)cc2c1. The molecule has 0 atom stereocenters. The lowest BCUT2D eigenvalue weighted by Gasteiger charge is -2.02. The molecule has 0 radical (unpaired) electrons. The molecule has 0 saturated carbocycles. The normalized spacial score (nSPS) is 10.5. The van der Waals surface area contributed by atoms with Crippen molar-refractivity contribution in [2.45, 2.75) is 12.5 Å². The molecule has 0 saturated heterocycles. The molecule has 1 N–H and O–H groups in total. The lowest BCUT2D eigenvalue weighted by Crippen LogP contribution is -1.89. The lowest BCUT2D eigenvalue weighted by atomic mass is 10.1. The highest BCUT2D eigenvalue weighted by molar-refractivity contribution is 8.26. The van der Waals surface area contributed by atoms with Gasteiger partial charge in [0.15, 0.2) is 0 Å². The molecule has 0 aliphatic rings. The van der Waals surface area contributed by atoms with Crippen LogP contribution >= 0.6 is 56.2 Å². The summed E-state index contributed by atoms with van der Waals surface area (Å²) in [4.78, 5) is 7.77. The molecule has 0 fully saturated rings. The number of aliphatic hydroxyl groups is 1. The van der Waals surface area contributed by atoms with Gasteiger partial charge < -0.3 is 5.11 Å². The molecular weight excluding hydrogens is 548 g/mol. The average molecular weight is 561 g/mol. The third-order valence-electron chi connectivity index (χ3n) is 3.86. The predicted octanol–water partition coefficient (Wildman–Crippen LogP) is 7.33. The van der Waals surface area contributed by atoms with Crippen molar-refractivity contribution in [3.05, 3.63) is 81.6 Å². The van der Waals surface area contributed by atoms with E-state index in [9.17, 15) is 8.78 Å². The maximum absolute atomic E-state index is 13.4. The summed E-state index contributed by atoms with van der Waals surface area (Å²) in [6, 6.07) is 9.39. The third-order valence-corrected chi connectivity index (χ3v) is 4.58. The second kappa shape index (κ2) is 12.8. The van der Waals surface area contributed by atoms with Crippen LogP contribution < -0.4 is 0 Å². The van der Waals surface area contributed by atoms with Crippen LogP contribution in [0.25, 0.3) is 21.8 Å². The minimum absolute atomic E-state index is 0.195. The lowest BCUT2D eigenvalue weighted by molar-refractivity contribution is 0.281. The number of aromatic nitrogens is 2. The first-order valence-electron chi connectivity index (χ1n) is 8.53. The van der Waals surface area contributed by atoms with E-state index < -0.39 is 15.0 Å². The Balaban J connectivity index is 0.000000195. The number of pyridine rings is 2. The van der Waals surface area contributed by atoms with Crippen LogP contribution in [0.3, 0.4) is 0 Å². The van der Waals surface area contributed by atoms with Crippen LogP contribution in [-0.4, -0.2) is 19.3 Å². The summed E-state index contributed by atoms with van der Waals surface area (Å²) in [6.07, 6.45) is 2.82. The fraction of sp³-hybridized carbons (Fsp3) is 0.100. The fourth-order valence-electron chi connectivity index (χ4n) is 2.64. The van der Waals surface area contributed by atoms with E-state index in [-0.39, 0.29) is 23.8 Å². The van der Waals surface area contributed by atoms with Crippen molar-refractivity contribution >= 4 is 87.2 Å². The Kier molecular flexibility index (Phi) is 10.8. The molecule has 4 rings (SSSR count). The van der Waals surface area contributed by atoms with Gasteiger partial charge in [-0.15, -0.1) is 11.6 Å². The van der Waals surface area contributed by atoms with Crippen molar-refractivity contribution in [1.82, 2.24) is 9.97 Å². The standard InChI is InChI=1S/C10H6Cl2FN.C10H7ClFNO.Cl2OS/c11-4-6-1-7-3-8(12)5-14-10(7)9(13)2-6;11-8-3-7-1-6(5-14)2-9(12)10(7)13-4-8;1-4(2)3/h1-3,5H,4H2;1-4,14H,5H2;. The molecule has 32 heavy (non-hydrogen) atoms. The Hall–Kier alpha value is -1.32. The smallest absolute Gasteiger partial charge is 0.211 e. The van der Waals surface area contributed by atoms with E-state index in [0.717, 1.165) is 5.56 Å². The summed E-state index contributed by atoms with van der Waals surface area (Å²) in [5.74, 6) is -0.530. The van der Waals surface area contributed by atoms with Crippen LogP contribution in [0.15, 0.2) is 48.8 Å².